The Bertz CT molecular complexity index is 399. The lowest BCUT2D eigenvalue weighted by atomic mass is 10.1. The van der Waals surface area contributed by atoms with E-state index in [0.717, 1.165) is 5.69 Å². The summed E-state index contributed by atoms with van der Waals surface area (Å²) in [4.78, 5) is 11.8. The number of carbonyl (C=O) groups excluding carboxylic acids is 1. The molecule has 0 fully saturated rings. The van der Waals surface area contributed by atoms with Crippen molar-refractivity contribution < 1.29 is 4.79 Å². The summed E-state index contributed by atoms with van der Waals surface area (Å²) in [6.45, 7) is 7.69. The minimum atomic E-state index is -0.298. The highest BCUT2D eigenvalue weighted by atomic mass is 35.5. The lowest BCUT2D eigenvalue weighted by Crippen LogP contribution is -2.47. The third-order valence-corrected chi connectivity index (χ3v) is 2.33. The third-order valence-electron chi connectivity index (χ3n) is 2.10. The Morgan fingerprint density at radius 2 is 2.00 bits per heavy atom. The fraction of sp³-hybridized carbons (Fsp3) is 0.462. The summed E-state index contributed by atoms with van der Waals surface area (Å²) in [6.07, 6.45) is 0. The van der Waals surface area contributed by atoms with Gasteiger partial charge < -0.3 is 10.6 Å². The maximum atomic E-state index is 11.8. The molecule has 0 heterocycles. The number of amides is 1. The van der Waals surface area contributed by atoms with E-state index in [1.807, 2.05) is 39.8 Å². The molecule has 0 aromatic heterocycles. The first kappa shape index (κ1) is 13.8. The van der Waals surface area contributed by atoms with Gasteiger partial charge in [-0.2, -0.15) is 0 Å². The van der Waals surface area contributed by atoms with Crippen LogP contribution in [0.1, 0.15) is 27.7 Å². The average Bonchev–Trinajstić information content (AvgIpc) is 2.14. The second kappa shape index (κ2) is 5.41. The molecule has 4 heteroatoms. The van der Waals surface area contributed by atoms with Crippen LogP contribution in [-0.2, 0) is 4.79 Å². The molecule has 1 aromatic rings. The number of rotatable bonds is 3. The Kier molecular flexibility index (Phi) is 4.40. The van der Waals surface area contributed by atoms with Crippen LogP contribution in [0, 0.1) is 0 Å². The van der Waals surface area contributed by atoms with Gasteiger partial charge in [-0.05, 0) is 45.9 Å². The Hall–Kier alpha value is -1.22. The molecule has 17 heavy (non-hydrogen) atoms. The largest absolute Gasteiger partial charge is 0.374 e. The fourth-order valence-corrected chi connectivity index (χ4v) is 1.56. The van der Waals surface area contributed by atoms with E-state index in [2.05, 4.69) is 10.6 Å². The molecule has 2 N–H and O–H groups in total. The van der Waals surface area contributed by atoms with Crippen molar-refractivity contribution in [3.63, 3.8) is 0 Å². The van der Waals surface area contributed by atoms with E-state index < -0.39 is 0 Å². The second-order valence-electron chi connectivity index (χ2n) is 5.12. The van der Waals surface area contributed by atoms with Gasteiger partial charge in [-0.25, -0.2) is 0 Å². The molecule has 0 aliphatic heterocycles. The summed E-state index contributed by atoms with van der Waals surface area (Å²) in [7, 11) is 0. The molecule has 3 nitrogen and oxygen atoms in total. The maximum absolute atomic E-state index is 11.8. The van der Waals surface area contributed by atoms with E-state index in [1.54, 1.807) is 12.1 Å². The molecule has 0 saturated heterocycles. The standard InChI is InChI=1S/C13H19ClN2O/c1-9(12(17)16-13(2,3)4)15-11-7-5-6-10(14)8-11/h5-9,15H,1-4H3,(H,16,17). The SMILES string of the molecule is CC(Nc1cccc(Cl)c1)C(=O)NC(C)(C)C. The van der Waals surface area contributed by atoms with E-state index in [0.29, 0.717) is 5.02 Å². The Labute approximate surface area is 108 Å². The summed E-state index contributed by atoms with van der Waals surface area (Å²) in [6, 6.07) is 7.02. The highest BCUT2D eigenvalue weighted by Gasteiger charge is 2.18. The number of hydrogen-bond acceptors (Lipinski definition) is 2. The molecule has 1 rings (SSSR count). The van der Waals surface area contributed by atoms with Crippen molar-refractivity contribution in [3.8, 4) is 0 Å². The first-order chi connectivity index (χ1) is 7.78. The van der Waals surface area contributed by atoms with Gasteiger partial charge in [0.05, 0.1) is 0 Å². The van der Waals surface area contributed by atoms with Gasteiger partial charge in [-0.3, -0.25) is 4.79 Å². The average molecular weight is 255 g/mol. The minimum absolute atomic E-state index is 0.0301. The lowest BCUT2D eigenvalue weighted by molar-refractivity contribution is -0.122. The number of halogens is 1. The number of anilines is 1. The van der Waals surface area contributed by atoms with Crippen LogP contribution in [0.2, 0.25) is 5.02 Å². The molecule has 0 aliphatic carbocycles. The molecule has 0 spiro atoms. The van der Waals surface area contributed by atoms with Crippen LogP contribution in [-0.4, -0.2) is 17.5 Å². The van der Waals surface area contributed by atoms with Gasteiger partial charge in [0, 0.05) is 16.2 Å². The van der Waals surface area contributed by atoms with Gasteiger partial charge in [0.2, 0.25) is 5.91 Å². The summed E-state index contributed by atoms with van der Waals surface area (Å²) in [5.41, 5.74) is 0.621. The molecule has 94 valence electrons. The Morgan fingerprint density at radius 3 is 2.53 bits per heavy atom. The maximum Gasteiger partial charge on any atom is 0.242 e. The van der Waals surface area contributed by atoms with Crippen molar-refractivity contribution in [1.82, 2.24) is 5.32 Å². The predicted octanol–water partition coefficient (Wildman–Crippen LogP) is 3.06. The van der Waals surface area contributed by atoms with Crippen molar-refractivity contribution in [2.75, 3.05) is 5.32 Å². The molecule has 0 bridgehead atoms. The fourth-order valence-electron chi connectivity index (χ4n) is 1.37. The molecular weight excluding hydrogens is 236 g/mol. The first-order valence-corrected chi connectivity index (χ1v) is 6.00. The van der Waals surface area contributed by atoms with Crippen LogP contribution < -0.4 is 10.6 Å². The third kappa shape index (κ3) is 5.09. The monoisotopic (exact) mass is 254 g/mol. The summed E-state index contributed by atoms with van der Waals surface area (Å²) in [5.74, 6) is -0.0301. The van der Waals surface area contributed by atoms with E-state index in [9.17, 15) is 4.79 Å². The van der Waals surface area contributed by atoms with Crippen LogP contribution in [0.5, 0.6) is 0 Å². The second-order valence-corrected chi connectivity index (χ2v) is 5.55. The van der Waals surface area contributed by atoms with Crippen molar-refractivity contribution in [2.24, 2.45) is 0 Å². The van der Waals surface area contributed by atoms with Crippen molar-refractivity contribution in [2.45, 2.75) is 39.3 Å². The van der Waals surface area contributed by atoms with Gasteiger partial charge in [0.15, 0.2) is 0 Å². The number of nitrogens with one attached hydrogen (secondary N) is 2. The van der Waals surface area contributed by atoms with Gasteiger partial charge in [0.1, 0.15) is 6.04 Å². The van der Waals surface area contributed by atoms with Crippen LogP contribution in [0.3, 0.4) is 0 Å². The first-order valence-electron chi connectivity index (χ1n) is 5.62. The van der Waals surface area contributed by atoms with Crippen LogP contribution in [0.4, 0.5) is 5.69 Å². The number of hydrogen-bond donors (Lipinski definition) is 2. The van der Waals surface area contributed by atoms with Crippen LogP contribution >= 0.6 is 11.6 Å². The number of carbonyl (C=O) groups is 1. The summed E-state index contributed by atoms with van der Waals surface area (Å²) >= 11 is 5.87. The molecule has 1 atom stereocenters. The van der Waals surface area contributed by atoms with Gasteiger partial charge in [-0.15, -0.1) is 0 Å². The topological polar surface area (TPSA) is 41.1 Å². The van der Waals surface area contributed by atoms with E-state index in [4.69, 9.17) is 11.6 Å². The zero-order valence-corrected chi connectivity index (χ0v) is 11.4. The highest BCUT2D eigenvalue weighted by Crippen LogP contribution is 2.15. The van der Waals surface area contributed by atoms with E-state index >= 15 is 0 Å². The quantitative estimate of drug-likeness (QED) is 0.871. The van der Waals surface area contributed by atoms with Gasteiger partial charge in [0.25, 0.3) is 0 Å². The minimum Gasteiger partial charge on any atom is -0.374 e. The molecule has 1 unspecified atom stereocenters. The molecular formula is C13H19ClN2O. The number of benzene rings is 1. The van der Waals surface area contributed by atoms with Crippen molar-refractivity contribution in [3.05, 3.63) is 29.3 Å². The zero-order valence-electron chi connectivity index (χ0n) is 10.7. The molecule has 0 saturated carbocycles. The molecule has 1 aromatic carbocycles. The smallest absolute Gasteiger partial charge is 0.242 e. The van der Waals surface area contributed by atoms with Crippen LogP contribution in [0.15, 0.2) is 24.3 Å². The van der Waals surface area contributed by atoms with Gasteiger partial charge in [-0.1, -0.05) is 17.7 Å². The lowest BCUT2D eigenvalue weighted by Gasteiger charge is -2.24. The van der Waals surface area contributed by atoms with Crippen molar-refractivity contribution >= 4 is 23.2 Å². The van der Waals surface area contributed by atoms with Crippen molar-refractivity contribution in [1.29, 1.82) is 0 Å². The van der Waals surface area contributed by atoms with Crippen LogP contribution in [0.25, 0.3) is 0 Å². The van der Waals surface area contributed by atoms with E-state index in [-0.39, 0.29) is 17.5 Å². The summed E-state index contributed by atoms with van der Waals surface area (Å²) in [5, 5.41) is 6.68. The highest BCUT2D eigenvalue weighted by molar-refractivity contribution is 6.30. The van der Waals surface area contributed by atoms with E-state index in [1.165, 1.54) is 0 Å². The molecule has 1 amide bonds. The predicted molar refractivity (Wildman–Crippen MR) is 72.4 cm³/mol. The van der Waals surface area contributed by atoms with Gasteiger partial charge >= 0.3 is 0 Å². The molecule has 0 radical (unpaired) electrons. The normalized spacial score (nSPS) is 13.0. The summed E-state index contributed by atoms with van der Waals surface area (Å²) < 4.78 is 0. The Balaban J connectivity index is 2.60. The zero-order chi connectivity index (χ0) is 13.1. The molecule has 0 aliphatic rings. The Morgan fingerprint density at radius 1 is 1.35 bits per heavy atom.